The van der Waals surface area contributed by atoms with Crippen molar-refractivity contribution >= 4 is 17.6 Å². The first kappa shape index (κ1) is 19.5. The topological polar surface area (TPSA) is 70.7 Å². The number of amides is 3. The third kappa shape index (κ3) is 4.93. The molecule has 0 bridgehead atoms. The number of carbonyl (C=O) groups excluding carboxylic acids is 2. The molecule has 2 N–H and O–H groups in total. The molecule has 1 aromatic carbocycles. The second kappa shape index (κ2) is 9.62. The summed E-state index contributed by atoms with van der Waals surface area (Å²) in [6.07, 6.45) is 6.87. The molecule has 1 aliphatic carbocycles. The van der Waals surface area contributed by atoms with Gasteiger partial charge in [-0.1, -0.05) is 31.4 Å². The van der Waals surface area contributed by atoms with Gasteiger partial charge in [0.2, 0.25) is 5.91 Å². The predicted molar refractivity (Wildman–Crippen MR) is 106 cm³/mol. The van der Waals surface area contributed by atoms with E-state index in [9.17, 15) is 9.59 Å². The molecule has 1 aromatic rings. The second-order valence-corrected chi connectivity index (χ2v) is 7.36. The summed E-state index contributed by atoms with van der Waals surface area (Å²) in [7, 11) is 0. The highest BCUT2D eigenvalue weighted by molar-refractivity contribution is 5.92. The third-order valence-corrected chi connectivity index (χ3v) is 5.53. The fourth-order valence-corrected chi connectivity index (χ4v) is 4.18. The van der Waals surface area contributed by atoms with Crippen LogP contribution in [0.3, 0.4) is 0 Å². The summed E-state index contributed by atoms with van der Waals surface area (Å²) >= 11 is 0. The fraction of sp³-hybridized carbons (Fsp3) is 0.619. The van der Waals surface area contributed by atoms with Gasteiger partial charge in [0.25, 0.3) is 0 Å². The van der Waals surface area contributed by atoms with E-state index in [0.29, 0.717) is 24.6 Å². The van der Waals surface area contributed by atoms with Crippen LogP contribution in [0, 0.1) is 5.92 Å². The first-order valence-electron chi connectivity index (χ1n) is 10.3. The quantitative estimate of drug-likeness (QED) is 0.847. The standard InChI is InChI=1S/C21H31N3O3/c1-2-27-19-13-6-5-11-17(19)23-21(26)24-15-8-4-3-7-14-22-20(25)16-10-9-12-18(16)24/h5-6,11,13,16,18H,2-4,7-10,12,14-15H2,1H3,(H,22,25)(H,23,26). The van der Waals surface area contributed by atoms with E-state index < -0.39 is 0 Å². The van der Waals surface area contributed by atoms with Crippen LogP contribution in [0.15, 0.2) is 24.3 Å². The predicted octanol–water partition coefficient (Wildman–Crippen LogP) is 3.78. The molecule has 2 fully saturated rings. The number of para-hydroxylation sites is 2. The second-order valence-electron chi connectivity index (χ2n) is 7.36. The van der Waals surface area contributed by atoms with Crippen LogP contribution >= 0.6 is 0 Å². The molecule has 1 saturated heterocycles. The van der Waals surface area contributed by atoms with E-state index >= 15 is 0 Å². The van der Waals surface area contributed by atoms with Gasteiger partial charge in [0.05, 0.1) is 18.2 Å². The van der Waals surface area contributed by atoms with Crippen molar-refractivity contribution in [2.24, 2.45) is 5.92 Å². The molecule has 1 aliphatic heterocycles. The normalized spacial score (nSPS) is 23.7. The van der Waals surface area contributed by atoms with Crippen molar-refractivity contribution in [1.29, 1.82) is 0 Å². The Morgan fingerprint density at radius 3 is 2.85 bits per heavy atom. The van der Waals surface area contributed by atoms with Crippen molar-refractivity contribution in [3.63, 3.8) is 0 Å². The number of benzene rings is 1. The fourth-order valence-electron chi connectivity index (χ4n) is 4.18. The van der Waals surface area contributed by atoms with Gasteiger partial charge in [-0.2, -0.15) is 0 Å². The summed E-state index contributed by atoms with van der Waals surface area (Å²) in [6, 6.07) is 7.34. The number of nitrogens with one attached hydrogen (secondary N) is 2. The number of nitrogens with zero attached hydrogens (tertiary/aromatic N) is 1. The van der Waals surface area contributed by atoms with E-state index in [4.69, 9.17) is 4.74 Å². The maximum Gasteiger partial charge on any atom is 0.322 e. The number of hydrogen-bond donors (Lipinski definition) is 2. The van der Waals surface area contributed by atoms with E-state index in [0.717, 1.165) is 51.5 Å². The van der Waals surface area contributed by atoms with Gasteiger partial charge in [0.15, 0.2) is 0 Å². The van der Waals surface area contributed by atoms with E-state index in [1.165, 1.54) is 0 Å². The van der Waals surface area contributed by atoms with Crippen molar-refractivity contribution < 1.29 is 14.3 Å². The highest BCUT2D eigenvalue weighted by Crippen LogP contribution is 2.32. The number of rotatable bonds is 3. The smallest absolute Gasteiger partial charge is 0.322 e. The van der Waals surface area contributed by atoms with Crippen molar-refractivity contribution in [2.75, 3.05) is 25.0 Å². The first-order chi connectivity index (χ1) is 13.2. The van der Waals surface area contributed by atoms with Crippen LogP contribution in [0.2, 0.25) is 0 Å². The molecular formula is C21H31N3O3. The lowest BCUT2D eigenvalue weighted by atomic mass is 10.0. The SMILES string of the molecule is CCOc1ccccc1NC(=O)N1CCCCCCNC(=O)C2CCCC21. The van der Waals surface area contributed by atoms with Crippen LogP contribution in [0.25, 0.3) is 0 Å². The molecule has 2 unspecified atom stereocenters. The van der Waals surface area contributed by atoms with Crippen molar-refractivity contribution in [1.82, 2.24) is 10.2 Å². The van der Waals surface area contributed by atoms with Gasteiger partial charge in [-0.05, 0) is 44.7 Å². The van der Waals surface area contributed by atoms with Crippen LogP contribution in [-0.2, 0) is 4.79 Å². The average molecular weight is 373 g/mol. The number of fused-ring (bicyclic) bond motifs is 1. The molecule has 6 heteroatoms. The lowest BCUT2D eigenvalue weighted by molar-refractivity contribution is -0.126. The summed E-state index contributed by atoms with van der Waals surface area (Å²) in [5.74, 6) is 0.676. The molecule has 2 atom stereocenters. The molecule has 2 aliphatic rings. The minimum absolute atomic E-state index is 0.0256. The molecule has 0 radical (unpaired) electrons. The highest BCUT2D eigenvalue weighted by Gasteiger charge is 2.38. The number of carbonyl (C=O) groups is 2. The molecule has 6 nitrogen and oxygen atoms in total. The maximum atomic E-state index is 13.1. The van der Waals surface area contributed by atoms with Gasteiger partial charge in [0, 0.05) is 19.1 Å². The van der Waals surface area contributed by atoms with Crippen molar-refractivity contribution in [3.05, 3.63) is 24.3 Å². The average Bonchev–Trinajstić information content (AvgIpc) is 3.13. The Labute approximate surface area is 161 Å². The number of hydrogen-bond acceptors (Lipinski definition) is 3. The van der Waals surface area contributed by atoms with E-state index in [1.807, 2.05) is 36.1 Å². The zero-order chi connectivity index (χ0) is 19.1. The number of urea groups is 1. The molecule has 3 amide bonds. The Hall–Kier alpha value is -2.24. The molecule has 1 saturated carbocycles. The molecule has 3 rings (SSSR count). The lowest BCUT2D eigenvalue weighted by Gasteiger charge is -2.32. The van der Waals surface area contributed by atoms with Crippen LogP contribution in [0.1, 0.15) is 51.9 Å². The van der Waals surface area contributed by atoms with E-state index in [-0.39, 0.29) is 23.9 Å². The molecule has 1 heterocycles. The third-order valence-electron chi connectivity index (χ3n) is 5.53. The van der Waals surface area contributed by atoms with Crippen molar-refractivity contribution in [2.45, 2.75) is 57.9 Å². The number of anilines is 1. The van der Waals surface area contributed by atoms with Gasteiger partial charge < -0.3 is 20.3 Å². The van der Waals surface area contributed by atoms with Gasteiger partial charge in [-0.25, -0.2) is 4.79 Å². The Morgan fingerprint density at radius 2 is 2.00 bits per heavy atom. The molecule has 27 heavy (non-hydrogen) atoms. The lowest BCUT2D eigenvalue weighted by Crippen LogP contribution is -2.48. The Kier molecular flexibility index (Phi) is 6.96. The molecule has 0 aromatic heterocycles. The van der Waals surface area contributed by atoms with Gasteiger partial charge in [-0.15, -0.1) is 0 Å². The first-order valence-corrected chi connectivity index (χ1v) is 10.3. The maximum absolute atomic E-state index is 13.1. The van der Waals surface area contributed by atoms with Crippen molar-refractivity contribution in [3.8, 4) is 5.75 Å². The zero-order valence-electron chi connectivity index (χ0n) is 16.2. The van der Waals surface area contributed by atoms with E-state index in [1.54, 1.807) is 0 Å². The van der Waals surface area contributed by atoms with Crippen LogP contribution in [0.5, 0.6) is 5.75 Å². The zero-order valence-corrected chi connectivity index (χ0v) is 16.2. The Bertz CT molecular complexity index is 649. The van der Waals surface area contributed by atoms with Gasteiger partial charge in [-0.3, -0.25) is 4.79 Å². The number of ether oxygens (including phenoxy) is 1. The van der Waals surface area contributed by atoms with E-state index in [2.05, 4.69) is 10.6 Å². The van der Waals surface area contributed by atoms with Gasteiger partial charge >= 0.3 is 6.03 Å². The minimum Gasteiger partial charge on any atom is -0.492 e. The molecule has 148 valence electrons. The Balaban J connectivity index is 1.78. The minimum atomic E-state index is -0.133. The van der Waals surface area contributed by atoms with Gasteiger partial charge in [0.1, 0.15) is 5.75 Å². The summed E-state index contributed by atoms with van der Waals surface area (Å²) < 4.78 is 5.63. The van der Waals surface area contributed by atoms with Crippen LogP contribution in [0.4, 0.5) is 10.5 Å². The molecular weight excluding hydrogens is 342 g/mol. The summed E-state index contributed by atoms with van der Waals surface area (Å²) in [5, 5.41) is 6.09. The highest BCUT2D eigenvalue weighted by atomic mass is 16.5. The molecule has 0 spiro atoms. The summed E-state index contributed by atoms with van der Waals surface area (Å²) in [5.41, 5.74) is 0.678. The summed E-state index contributed by atoms with van der Waals surface area (Å²) in [6.45, 7) is 3.91. The Morgan fingerprint density at radius 1 is 1.19 bits per heavy atom. The summed E-state index contributed by atoms with van der Waals surface area (Å²) in [4.78, 5) is 27.6. The largest absolute Gasteiger partial charge is 0.492 e. The monoisotopic (exact) mass is 373 g/mol. The van der Waals surface area contributed by atoms with Crippen LogP contribution < -0.4 is 15.4 Å². The van der Waals surface area contributed by atoms with Crippen LogP contribution in [-0.4, -0.2) is 42.6 Å².